The maximum atomic E-state index is 11.1. The van der Waals surface area contributed by atoms with Crippen molar-refractivity contribution in [3.8, 4) is 0 Å². The van der Waals surface area contributed by atoms with Gasteiger partial charge in [-0.25, -0.2) is 4.79 Å². The number of nitrogens with two attached hydrogens (primary N) is 1. The summed E-state index contributed by atoms with van der Waals surface area (Å²) in [6.45, 7) is 5.80. The molecule has 0 aliphatic rings. The Bertz CT molecular complexity index is 267. The van der Waals surface area contributed by atoms with Crippen LogP contribution in [0.5, 0.6) is 0 Å². The van der Waals surface area contributed by atoms with Crippen LogP contribution >= 0.6 is 0 Å². The van der Waals surface area contributed by atoms with Crippen LogP contribution in [0.2, 0.25) is 0 Å². The van der Waals surface area contributed by atoms with Gasteiger partial charge in [-0.05, 0) is 20.3 Å². The zero-order valence-corrected chi connectivity index (χ0v) is 10.0. The maximum Gasteiger partial charge on any atom is 0.333 e. The van der Waals surface area contributed by atoms with Gasteiger partial charge in [-0.1, -0.05) is 31.1 Å². The normalized spacial score (nSPS) is 15.0. The molecule has 3 heteroatoms. The molecule has 1 atom stereocenters. The monoisotopic (exact) mass is 211 g/mol. The molecule has 0 aliphatic heterocycles. The van der Waals surface area contributed by atoms with Gasteiger partial charge in [-0.3, -0.25) is 0 Å². The Labute approximate surface area is 92.0 Å². The standard InChI is InChI=1S/C12H21NO2/c1-5-6-11(13)9(2)7-8-10(3)12(14)15-4/h7-8,11H,5-6,13H2,1-4H3. The fraction of sp³-hybridized carbons (Fsp3) is 0.583. The third-order valence-corrected chi connectivity index (χ3v) is 2.29. The highest BCUT2D eigenvalue weighted by molar-refractivity contribution is 5.87. The molecule has 86 valence electrons. The molecule has 1 unspecified atom stereocenters. The van der Waals surface area contributed by atoms with Crippen LogP contribution in [0.25, 0.3) is 0 Å². The van der Waals surface area contributed by atoms with Crippen LogP contribution < -0.4 is 5.73 Å². The molecule has 0 heterocycles. The summed E-state index contributed by atoms with van der Waals surface area (Å²) < 4.78 is 4.58. The Morgan fingerprint density at radius 3 is 2.47 bits per heavy atom. The second kappa shape index (κ2) is 7.23. The number of hydrogen-bond donors (Lipinski definition) is 1. The zero-order chi connectivity index (χ0) is 11.8. The van der Waals surface area contributed by atoms with Gasteiger partial charge in [0.05, 0.1) is 7.11 Å². The molecular weight excluding hydrogens is 190 g/mol. The molecule has 0 saturated heterocycles. The van der Waals surface area contributed by atoms with E-state index >= 15 is 0 Å². The first-order chi connectivity index (χ1) is 7.02. The zero-order valence-electron chi connectivity index (χ0n) is 10.0. The molecule has 0 amide bonds. The lowest BCUT2D eigenvalue weighted by atomic mass is 10.0. The lowest BCUT2D eigenvalue weighted by Crippen LogP contribution is -2.20. The fourth-order valence-corrected chi connectivity index (χ4v) is 1.15. The summed E-state index contributed by atoms with van der Waals surface area (Å²) in [5.74, 6) is -0.303. The van der Waals surface area contributed by atoms with Crippen LogP contribution in [-0.2, 0) is 9.53 Å². The Morgan fingerprint density at radius 2 is 2.00 bits per heavy atom. The van der Waals surface area contributed by atoms with Crippen LogP contribution in [0.1, 0.15) is 33.6 Å². The number of carbonyl (C=O) groups is 1. The molecule has 0 aromatic carbocycles. The van der Waals surface area contributed by atoms with Crippen LogP contribution in [-0.4, -0.2) is 19.1 Å². The van der Waals surface area contributed by atoms with Crippen LogP contribution in [0.3, 0.4) is 0 Å². The first-order valence-electron chi connectivity index (χ1n) is 5.21. The van der Waals surface area contributed by atoms with Crippen molar-refractivity contribution in [2.24, 2.45) is 5.73 Å². The van der Waals surface area contributed by atoms with E-state index in [9.17, 15) is 4.79 Å². The summed E-state index contributed by atoms with van der Waals surface area (Å²) in [5, 5.41) is 0. The minimum atomic E-state index is -0.303. The Morgan fingerprint density at radius 1 is 1.40 bits per heavy atom. The molecule has 3 nitrogen and oxygen atoms in total. The van der Waals surface area contributed by atoms with E-state index < -0.39 is 0 Å². The average Bonchev–Trinajstić information content (AvgIpc) is 2.24. The highest BCUT2D eigenvalue weighted by Gasteiger charge is 2.03. The number of esters is 1. The fourth-order valence-electron chi connectivity index (χ4n) is 1.15. The second-order valence-electron chi connectivity index (χ2n) is 3.65. The Balaban J connectivity index is 4.43. The van der Waals surface area contributed by atoms with E-state index in [1.54, 1.807) is 13.0 Å². The van der Waals surface area contributed by atoms with Crippen LogP contribution in [0, 0.1) is 0 Å². The lowest BCUT2D eigenvalue weighted by Gasteiger charge is -2.09. The van der Waals surface area contributed by atoms with Gasteiger partial charge in [0.2, 0.25) is 0 Å². The van der Waals surface area contributed by atoms with E-state index in [0.717, 1.165) is 18.4 Å². The molecule has 0 saturated carbocycles. The highest BCUT2D eigenvalue weighted by Crippen LogP contribution is 2.06. The molecule has 15 heavy (non-hydrogen) atoms. The first-order valence-corrected chi connectivity index (χ1v) is 5.21. The van der Waals surface area contributed by atoms with E-state index in [2.05, 4.69) is 11.7 Å². The van der Waals surface area contributed by atoms with Gasteiger partial charge >= 0.3 is 5.97 Å². The van der Waals surface area contributed by atoms with E-state index in [-0.39, 0.29) is 12.0 Å². The van der Waals surface area contributed by atoms with Crippen molar-refractivity contribution in [2.75, 3.05) is 7.11 Å². The molecule has 2 N–H and O–H groups in total. The van der Waals surface area contributed by atoms with E-state index in [0.29, 0.717) is 5.57 Å². The van der Waals surface area contributed by atoms with Crippen molar-refractivity contribution < 1.29 is 9.53 Å². The van der Waals surface area contributed by atoms with Crippen molar-refractivity contribution in [3.63, 3.8) is 0 Å². The van der Waals surface area contributed by atoms with Gasteiger partial charge < -0.3 is 10.5 Å². The minimum Gasteiger partial charge on any atom is -0.466 e. The van der Waals surface area contributed by atoms with E-state index in [4.69, 9.17) is 5.73 Å². The number of carbonyl (C=O) groups excluding carboxylic acids is 1. The van der Waals surface area contributed by atoms with Crippen molar-refractivity contribution in [2.45, 2.75) is 39.7 Å². The smallest absolute Gasteiger partial charge is 0.333 e. The minimum absolute atomic E-state index is 0.0803. The van der Waals surface area contributed by atoms with Gasteiger partial charge in [0.25, 0.3) is 0 Å². The third-order valence-electron chi connectivity index (χ3n) is 2.29. The maximum absolute atomic E-state index is 11.1. The summed E-state index contributed by atoms with van der Waals surface area (Å²) in [7, 11) is 1.37. The number of hydrogen-bond acceptors (Lipinski definition) is 3. The SMILES string of the molecule is CCCC(N)C(C)=CC=C(C)C(=O)OC. The number of ether oxygens (including phenoxy) is 1. The summed E-state index contributed by atoms with van der Waals surface area (Å²) in [4.78, 5) is 11.1. The predicted octanol–water partition coefficient (Wildman–Crippen LogP) is 2.18. The van der Waals surface area contributed by atoms with Gasteiger partial charge in [-0.2, -0.15) is 0 Å². The largest absolute Gasteiger partial charge is 0.466 e. The quantitative estimate of drug-likeness (QED) is 0.431. The molecule has 0 spiro atoms. The summed E-state index contributed by atoms with van der Waals surface area (Å²) >= 11 is 0. The van der Waals surface area contributed by atoms with Gasteiger partial charge in [0, 0.05) is 11.6 Å². The number of rotatable bonds is 5. The molecule has 0 radical (unpaired) electrons. The number of allylic oxidation sites excluding steroid dienone is 2. The van der Waals surface area contributed by atoms with Crippen LogP contribution in [0.4, 0.5) is 0 Å². The van der Waals surface area contributed by atoms with Crippen molar-refractivity contribution in [1.29, 1.82) is 0 Å². The summed E-state index contributed by atoms with van der Waals surface area (Å²) in [5.41, 5.74) is 7.58. The molecule has 0 bridgehead atoms. The van der Waals surface area contributed by atoms with E-state index in [1.165, 1.54) is 7.11 Å². The Hall–Kier alpha value is -1.09. The van der Waals surface area contributed by atoms with Crippen molar-refractivity contribution >= 4 is 5.97 Å². The topological polar surface area (TPSA) is 52.3 Å². The first kappa shape index (κ1) is 13.9. The van der Waals surface area contributed by atoms with Crippen molar-refractivity contribution in [1.82, 2.24) is 0 Å². The molecule has 0 rings (SSSR count). The number of methoxy groups -OCH3 is 1. The Kier molecular flexibility index (Phi) is 6.71. The molecule has 0 aliphatic carbocycles. The van der Waals surface area contributed by atoms with Gasteiger partial charge in [0.1, 0.15) is 0 Å². The average molecular weight is 211 g/mol. The predicted molar refractivity (Wildman–Crippen MR) is 62.4 cm³/mol. The molecule has 0 aromatic heterocycles. The van der Waals surface area contributed by atoms with Crippen molar-refractivity contribution in [3.05, 3.63) is 23.3 Å². The lowest BCUT2D eigenvalue weighted by molar-refractivity contribution is -0.136. The molecule has 0 fully saturated rings. The van der Waals surface area contributed by atoms with Gasteiger partial charge in [-0.15, -0.1) is 0 Å². The highest BCUT2D eigenvalue weighted by atomic mass is 16.5. The molecular formula is C12H21NO2. The summed E-state index contributed by atoms with van der Waals surface area (Å²) in [6.07, 6.45) is 5.66. The van der Waals surface area contributed by atoms with Gasteiger partial charge in [0.15, 0.2) is 0 Å². The van der Waals surface area contributed by atoms with E-state index in [1.807, 2.05) is 13.0 Å². The third kappa shape index (κ3) is 5.37. The second-order valence-corrected chi connectivity index (χ2v) is 3.65. The summed E-state index contributed by atoms with van der Waals surface area (Å²) in [6, 6.07) is 0.0803. The van der Waals surface area contributed by atoms with Crippen LogP contribution in [0.15, 0.2) is 23.3 Å². The molecule has 0 aromatic rings.